The van der Waals surface area contributed by atoms with E-state index in [-0.39, 0.29) is 35.4 Å². The number of carbonyl (C=O) groups is 2. The van der Waals surface area contributed by atoms with Crippen LogP contribution in [0.25, 0.3) is 0 Å². The largest absolute Gasteiger partial charge is 0.444 e. The number of Topliss-reactive ketones (excluding diaryl/α,β-unsaturated/α-hetero) is 1. The normalized spacial score (nSPS) is 15.6. The zero-order valence-electron chi connectivity index (χ0n) is 12.2. The van der Waals surface area contributed by atoms with Gasteiger partial charge in [0.2, 0.25) is 0 Å². The maximum atomic E-state index is 13.3. The molecule has 6 heteroatoms. The molecule has 0 atom stereocenters. The molecule has 1 aromatic rings. The van der Waals surface area contributed by atoms with Crippen molar-refractivity contribution in [3.8, 4) is 0 Å². The highest BCUT2D eigenvalue weighted by atomic mass is 35.5. The molecule has 2 rings (SSSR count). The monoisotopic (exact) mass is 313 g/mol. The Hall–Kier alpha value is -1.62. The lowest BCUT2D eigenvalue weighted by Gasteiger charge is -2.38. The molecule has 0 aromatic heterocycles. The van der Waals surface area contributed by atoms with Crippen LogP contribution in [0.5, 0.6) is 0 Å². The molecule has 1 heterocycles. The molecule has 1 amide bonds. The first-order valence-corrected chi connectivity index (χ1v) is 7.02. The van der Waals surface area contributed by atoms with Crippen LogP contribution in [0.4, 0.5) is 9.18 Å². The van der Waals surface area contributed by atoms with Gasteiger partial charge in [0.15, 0.2) is 5.78 Å². The number of halogens is 2. The molecular formula is C15H17ClFNO3. The van der Waals surface area contributed by atoms with Crippen molar-refractivity contribution in [1.29, 1.82) is 0 Å². The van der Waals surface area contributed by atoms with Gasteiger partial charge in [-0.15, -0.1) is 0 Å². The molecule has 0 unspecified atom stereocenters. The van der Waals surface area contributed by atoms with E-state index in [1.807, 2.05) is 0 Å². The molecule has 0 radical (unpaired) electrons. The fraction of sp³-hybridized carbons (Fsp3) is 0.467. The average Bonchev–Trinajstić information content (AvgIpc) is 2.28. The van der Waals surface area contributed by atoms with E-state index in [1.54, 1.807) is 20.8 Å². The van der Waals surface area contributed by atoms with Crippen LogP contribution in [0, 0.1) is 11.7 Å². The molecule has 1 aliphatic rings. The molecular weight excluding hydrogens is 297 g/mol. The molecule has 0 aliphatic carbocycles. The van der Waals surface area contributed by atoms with Crippen LogP contribution in [-0.2, 0) is 4.74 Å². The van der Waals surface area contributed by atoms with E-state index in [2.05, 4.69) is 0 Å². The minimum atomic E-state index is -0.620. The molecule has 21 heavy (non-hydrogen) atoms. The Labute approximate surface area is 127 Å². The average molecular weight is 314 g/mol. The Kier molecular flexibility index (Phi) is 4.23. The minimum absolute atomic E-state index is 0.0180. The summed E-state index contributed by atoms with van der Waals surface area (Å²) in [5.41, 5.74) is -0.295. The summed E-state index contributed by atoms with van der Waals surface area (Å²) in [4.78, 5) is 25.4. The van der Waals surface area contributed by atoms with Gasteiger partial charge in [0.05, 0.1) is 10.9 Å². The first-order chi connectivity index (χ1) is 9.67. The number of ketones is 1. The number of amides is 1. The molecule has 1 aliphatic heterocycles. The number of nitrogens with zero attached hydrogens (tertiary/aromatic N) is 1. The predicted octanol–water partition coefficient (Wildman–Crippen LogP) is 3.53. The maximum Gasteiger partial charge on any atom is 0.410 e. The highest BCUT2D eigenvalue weighted by Crippen LogP contribution is 2.24. The van der Waals surface area contributed by atoms with E-state index in [0.29, 0.717) is 0 Å². The highest BCUT2D eigenvalue weighted by Gasteiger charge is 2.38. The summed E-state index contributed by atoms with van der Waals surface area (Å²) in [5.74, 6) is -1.13. The molecule has 0 N–H and O–H groups in total. The molecule has 4 nitrogen and oxygen atoms in total. The molecule has 1 saturated heterocycles. The Morgan fingerprint density at radius 2 is 1.95 bits per heavy atom. The first kappa shape index (κ1) is 15.8. The van der Waals surface area contributed by atoms with Gasteiger partial charge in [-0.1, -0.05) is 11.6 Å². The van der Waals surface area contributed by atoms with Gasteiger partial charge >= 0.3 is 6.09 Å². The van der Waals surface area contributed by atoms with Crippen molar-refractivity contribution in [3.05, 3.63) is 34.6 Å². The number of ether oxygens (including phenoxy) is 1. The number of rotatable bonds is 2. The second-order valence-corrected chi connectivity index (χ2v) is 6.48. The summed E-state index contributed by atoms with van der Waals surface area (Å²) < 4.78 is 18.6. The van der Waals surface area contributed by atoms with Crippen molar-refractivity contribution in [2.24, 2.45) is 5.92 Å². The molecule has 114 valence electrons. The number of hydrogen-bond donors (Lipinski definition) is 0. The fourth-order valence-corrected chi connectivity index (χ4v) is 2.12. The molecule has 0 spiro atoms. The van der Waals surface area contributed by atoms with Crippen molar-refractivity contribution in [2.75, 3.05) is 13.1 Å². The van der Waals surface area contributed by atoms with Gasteiger partial charge in [0.25, 0.3) is 0 Å². The number of likely N-dealkylation sites (tertiary alicyclic amines) is 1. The Bertz CT molecular complexity index is 577. The third-order valence-electron chi connectivity index (χ3n) is 3.11. The standard InChI is InChI=1S/C15H17ClFNO3/c1-15(2,3)21-14(20)18-7-10(8-18)13(19)9-4-5-11(16)12(17)6-9/h4-6,10H,7-8H2,1-3H3. The van der Waals surface area contributed by atoms with E-state index in [0.717, 1.165) is 6.07 Å². The van der Waals surface area contributed by atoms with Crippen LogP contribution in [0.15, 0.2) is 18.2 Å². The fourth-order valence-electron chi connectivity index (χ4n) is 2.01. The number of hydrogen-bond acceptors (Lipinski definition) is 3. The Morgan fingerprint density at radius 3 is 2.48 bits per heavy atom. The number of benzene rings is 1. The third kappa shape index (κ3) is 3.73. The molecule has 1 aromatic carbocycles. The summed E-state index contributed by atoms with van der Waals surface area (Å²) in [6, 6.07) is 3.97. The van der Waals surface area contributed by atoms with Crippen molar-refractivity contribution >= 4 is 23.5 Å². The van der Waals surface area contributed by atoms with Crippen LogP contribution in [0.3, 0.4) is 0 Å². The van der Waals surface area contributed by atoms with Gasteiger partial charge in [-0.05, 0) is 39.0 Å². The molecule has 0 bridgehead atoms. The van der Waals surface area contributed by atoms with Gasteiger partial charge in [0, 0.05) is 18.7 Å². The molecule has 1 fully saturated rings. The van der Waals surface area contributed by atoms with Crippen LogP contribution >= 0.6 is 11.6 Å². The van der Waals surface area contributed by atoms with Crippen LogP contribution in [-0.4, -0.2) is 35.5 Å². The Morgan fingerprint density at radius 1 is 1.33 bits per heavy atom. The van der Waals surface area contributed by atoms with E-state index in [1.165, 1.54) is 17.0 Å². The van der Waals surface area contributed by atoms with Crippen LogP contribution in [0.1, 0.15) is 31.1 Å². The minimum Gasteiger partial charge on any atom is -0.444 e. The van der Waals surface area contributed by atoms with Crippen molar-refractivity contribution in [3.63, 3.8) is 0 Å². The van der Waals surface area contributed by atoms with Gasteiger partial charge in [-0.3, -0.25) is 4.79 Å². The summed E-state index contributed by atoms with van der Waals surface area (Å²) in [7, 11) is 0. The second kappa shape index (κ2) is 5.64. The highest BCUT2D eigenvalue weighted by molar-refractivity contribution is 6.30. The van der Waals surface area contributed by atoms with Gasteiger partial charge < -0.3 is 9.64 Å². The van der Waals surface area contributed by atoms with Crippen molar-refractivity contribution < 1.29 is 18.7 Å². The van der Waals surface area contributed by atoms with E-state index in [9.17, 15) is 14.0 Å². The van der Waals surface area contributed by atoms with Crippen molar-refractivity contribution in [1.82, 2.24) is 4.90 Å². The van der Waals surface area contributed by atoms with E-state index < -0.39 is 17.5 Å². The lowest BCUT2D eigenvalue weighted by atomic mass is 9.91. The second-order valence-electron chi connectivity index (χ2n) is 6.08. The van der Waals surface area contributed by atoms with E-state index >= 15 is 0 Å². The van der Waals surface area contributed by atoms with Gasteiger partial charge in [-0.2, -0.15) is 0 Å². The quantitative estimate of drug-likeness (QED) is 0.785. The van der Waals surface area contributed by atoms with Crippen LogP contribution in [0.2, 0.25) is 5.02 Å². The summed E-state index contributed by atoms with van der Waals surface area (Å²) in [5, 5.41) is -0.0180. The SMILES string of the molecule is CC(C)(C)OC(=O)N1CC(C(=O)c2ccc(Cl)c(F)c2)C1. The maximum absolute atomic E-state index is 13.3. The Balaban J connectivity index is 1.93. The van der Waals surface area contributed by atoms with E-state index in [4.69, 9.17) is 16.3 Å². The predicted molar refractivity (Wildman–Crippen MR) is 77.0 cm³/mol. The first-order valence-electron chi connectivity index (χ1n) is 6.64. The lowest BCUT2D eigenvalue weighted by molar-refractivity contribution is 0.00148. The smallest absolute Gasteiger partial charge is 0.410 e. The summed E-state index contributed by atoms with van der Waals surface area (Å²) in [6.45, 7) is 5.92. The zero-order chi connectivity index (χ0) is 15.8. The molecule has 0 saturated carbocycles. The lowest BCUT2D eigenvalue weighted by Crippen LogP contribution is -2.54. The van der Waals surface area contributed by atoms with Gasteiger partial charge in [0.1, 0.15) is 11.4 Å². The van der Waals surface area contributed by atoms with Gasteiger partial charge in [-0.25, -0.2) is 9.18 Å². The van der Waals surface area contributed by atoms with Crippen molar-refractivity contribution in [2.45, 2.75) is 26.4 Å². The van der Waals surface area contributed by atoms with Crippen LogP contribution < -0.4 is 0 Å². The summed E-state index contributed by atoms with van der Waals surface area (Å²) in [6.07, 6.45) is -0.436. The third-order valence-corrected chi connectivity index (χ3v) is 3.41. The summed E-state index contributed by atoms with van der Waals surface area (Å²) >= 11 is 5.58. The zero-order valence-corrected chi connectivity index (χ0v) is 12.9. The number of carbonyl (C=O) groups excluding carboxylic acids is 2. The topological polar surface area (TPSA) is 46.6 Å².